The molecular weight excluding hydrogens is 294 g/mol. The lowest BCUT2D eigenvalue weighted by Gasteiger charge is -2.26. The lowest BCUT2D eigenvalue weighted by molar-refractivity contribution is 0.281. The maximum Gasteiger partial charge on any atom is 0.240 e. The normalized spacial score (nSPS) is 18.3. The quantitative estimate of drug-likeness (QED) is 0.844. The van der Waals surface area contributed by atoms with Gasteiger partial charge in [0.25, 0.3) is 0 Å². The minimum absolute atomic E-state index is 0.0433. The summed E-state index contributed by atoms with van der Waals surface area (Å²) >= 11 is 1.76. The van der Waals surface area contributed by atoms with Gasteiger partial charge in [0.05, 0.1) is 11.5 Å². The first-order valence-corrected chi connectivity index (χ1v) is 9.47. The third-order valence-electron chi connectivity index (χ3n) is 3.92. The van der Waals surface area contributed by atoms with E-state index in [1.54, 1.807) is 30.0 Å². The number of hydrogen-bond donors (Lipinski definition) is 2. The topological polar surface area (TPSA) is 66.4 Å². The van der Waals surface area contributed by atoms with Crippen LogP contribution in [-0.4, -0.2) is 31.1 Å². The van der Waals surface area contributed by atoms with Crippen molar-refractivity contribution in [3.05, 3.63) is 29.8 Å². The lowest BCUT2D eigenvalue weighted by Crippen LogP contribution is -2.38. The van der Waals surface area contributed by atoms with Crippen molar-refractivity contribution in [1.82, 2.24) is 4.72 Å². The maximum absolute atomic E-state index is 12.3. The summed E-state index contributed by atoms with van der Waals surface area (Å²) in [6, 6.07) is 6.43. The summed E-state index contributed by atoms with van der Waals surface area (Å²) in [5.41, 5.74) is 0.605. The molecule has 0 atom stereocenters. The van der Waals surface area contributed by atoms with Crippen LogP contribution in [0.3, 0.4) is 0 Å². The Morgan fingerprint density at radius 1 is 1.35 bits per heavy atom. The summed E-state index contributed by atoms with van der Waals surface area (Å²) < 4.78 is 27.4. The van der Waals surface area contributed by atoms with Crippen molar-refractivity contribution >= 4 is 21.8 Å². The summed E-state index contributed by atoms with van der Waals surface area (Å²) in [5.74, 6) is 0. The predicted molar refractivity (Wildman–Crippen MR) is 82.3 cm³/mol. The van der Waals surface area contributed by atoms with Gasteiger partial charge in [0.2, 0.25) is 10.0 Å². The molecule has 0 bridgehead atoms. The molecule has 112 valence electrons. The van der Waals surface area contributed by atoms with Gasteiger partial charge in [-0.3, -0.25) is 0 Å². The molecule has 0 aromatic heterocycles. The zero-order valence-corrected chi connectivity index (χ0v) is 13.3. The van der Waals surface area contributed by atoms with Crippen LogP contribution in [0, 0.1) is 0 Å². The highest BCUT2D eigenvalue weighted by atomic mass is 32.2. The smallest absolute Gasteiger partial charge is 0.240 e. The molecule has 20 heavy (non-hydrogen) atoms. The predicted octanol–water partition coefficient (Wildman–Crippen LogP) is 2.13. The summed E-state index contributed by atoms with van der Waals surface area (Å²) in [4.78, 5) is 0.221. The third-order valence-corrected chi connectivity index (χ3v) is 6.74. The zero-order valence-electron chi connectivity index (χ0n) is 11.6. The van der Waals surface area contributed by atoms with Crippen LogP contribution in [0.5, 0.6) is 0 Å². The molecule has 2 N–H and O–H groups in total. The Kier molecular flexibility index (Phi) is 5.12. The van der Waals surface area contributed by atoms with Gasteiger partial charge in [-0.2, -0.15) is 11.8 Å². The van der Waals surface area contributed by atoms with Crippen molar-refractivity contribution in [2.75, 3.05) is 12.8 Å². The Bertz CT molecular complexity index is 551. The van der Waals surface area contributed by atoms with E-state index in [1.807, 2.05) is 6.26 Å². The van der Waals surface area contributed by atoms with Crippen molar-refractivity contribution in [1.29, 1.82) is 0 Å². The second-order valence-electron chi connectivity index (χ2n) is 5.22. The van der Waals surface area contributed by atoms with E-state index in [0.717, 1.165) is 12.8 Å². The molecule has 1 aromatic rings. The van der Waals surface area contributed by atoms with Crippen LogP contribution < -0.4 is 4.72 Å². The summed E-state index contributed by atoms with van der Waals surface area (Å²) in [7, 11) is -3.50. The largest absolute Gasteiger partial charge is 0.392 e. The highest BCUT2D eigenvalue weighted by Crippen LogP contribution is 2.39. The number of nitrogens with one attached hydrogen (secondary N) is 1. The van der Waals surface area contributed by atoms with E-state index in [2.05, 4.69) is 4.72 Å². The van der Waals surface area contributed by atoms with Crippen LogP contribution in [0.2, 0.25) is 0 Å². The molecule has 0 amide bonds. The van der Waals surface area contributed by atoms with Crippen LogP contribution >= 0.6 is 11.8 Å². The molecule has 0 heterocycles. The first-order chi connectivity index (χ1) is 9.51. The van der Waals surface area contributed by atoms with E-state index in [9.17, 15) is 8.42 Å². The summed E-state index contributed by atoms with van der Waals surface area (Å²) in [5, 5.41) is 9.09. The SMILES string of the molecule is CSC1(CNS(=O)(=O)c2cccc(CO)c2)CCCC1. The molecule has 0 radical (unpaired) electrons. The van der Waals surface area contributed by atoms with Crippen LogP contribution in [-0.2, 0) is 16.6 Å². The molecule has 0 spiro atoms. The van der Waals surface area contributed by atoms with Gasteiger partial charge in [-0.15, -0.1) is 0 Å². The Morgan fingerprint density at radius 2 is 2.05 bits per heavy atom. The lowest BCUT2D eigenvalue weighted by atomic mass is 10.1. The van der Waals surface area contributed by atoms with Crippen LogP contribution in [0.1, 0.15) is 31.2 Å². The molecule has 0 aliphatic heterocycles. The Balaban J connectivity index is 2.10. The second-order valence-corrected chi connectivity index (χ2v) is 8.27. The average Bonchev–Trinajstić information content (AvgIpc) is 2.95. The van der Waals surface area contributed by atoms with Gasteiger partial charge in [-0.05, 0) is 36.8 Å². The van der Waals surface area contributed by atoms with Gasteiger partial charge in [0.15, 0.2) is 0 Å². The molecule has 1 fully saturated rings. The number of thioether (sulfide) groups is 1. The van der Waals surface area contributed by atoms with Crippen molar-refractivity contribution in [2.24, 2.45) is 0 Å². The molecule has 1 saturated carbocycles. The standard InChI is InChI=1S/C14H21NO3S2/c1-19-14(7-2-3-8-14)11-15-20(17,18)13-6-4-5-12(9-13)10-16/h4-6,9,15-16H,2-3,7-8,10-11H2,1H3. The number of sulfonamides is 1. The van der Waals surface area contributed by atoms with E-state index in [0.29, 0.717) is 12.1 Å². The van der Waals surface area contributed by atoms with Crippen molar-refractivity contribution in [3.8, 4) is 0 Å². The van der Waals surface area contributed by atoms with Crippen LogP contribution in [0.4, 0.5) is 0 Å². The molecule has 4 nitrogen and oxygen atoms in total. The van der Waals surface area contributed by atoms with Gasteiger partial charge in [-0.25, -0.2) is 13.1 Å². The van der Waals surface area contributed by atoms with Gasteiger partial charge >= 0.3 is 0 Å². The van der Waals surface area contributed by atoms with Crippen molar-refractivity contribution in [3.63, 3.8) is 0 Å². The highest BCUT2D eigenvalue weighted by molar-refractivity contribution is 8.00. The van der Waals surface area contributed by atoms with E-state index in [1.165, 1.54) is 18.9 Å². The molecule has 2 rings (SSSR count). The molecule has 0 unspecified atom stereocenters. The zero-order chi connectivity index (χ0) is 14.6. The van der Waals surface area contributed by atoms with Gasteiger partial charge in [0, 0.05) is 11.3 Å². The van der Waals surface area contributed by atoms with Crippen LogP contribution in [0.25, 0.3) is 0 Å². The van der Waals surface area contributed by atoms with Crippen LogP contribution in [0.15, 0.2) is 29.2 Å². The fraction of sp³-hybridized carbons (Fsp3) is 0.571. The molecular formula is C14H21NO3S2. The van der Waals surface area contributed by atoms with Crippen molar-refractivity contribution < 1.29 is 13.5 Å². The Labute approximate surface area is 125 Å². The maximum atomic E-state index is 12.3. The monoisotopic (exact) mass is 315 g/mol. The Morgan fingerprint density at radius 3 is 2.65 bits per heavy atom. The second kappa shape index (κ2) is 6.47. The molecule has 6 heteroatoms. The van der Waals surface area contributed by atoms with E-state index < -0.39 is 10.0 Å². The van der Waals surface area contributed by atoms with Gasteiger partial charge < -0.3 is 5.11 Å². The third kappa shape index (κ3) is 3.55. The number of benzene rings is 1. The minimum atomic E-state index is -3.50. The molecule has 1 aliphatic rings. The van der Waals surface area contributed by atoms with E-state index >= 15 is 0 Å². The summed E-state index contributed by atoms with van der Waals surface area (Å²) in [6.07, 6.45) is 6.51. The van der Waals surface area contributed by atoms with E-state index in [-0.39, 0.29) is 16.2 Å². The number of aliphatic hydroxyl groups excluding tert-OH is 1. The molecule has 1 aromatic carbocycles. The van der Waals surface area contributed by atoms with Gasteiger partial charge in [-0.1, -0.05) is 25.0 Å². The molecule has 1 aliphatic carbocycles. The fourth-order valence-electron chi connectivity index (χ4n) is 2.59. The fourth-order valence-corrected chi connectivity index (χ4v) is 4.80. The van der Waals surface area contributed by atoms with E-state index in [4.69, 9.17) is 5.11 Å². The summed E-state index contributed by atoms with van der Waals surface area (Å²) in [6.45, 7) is 0.317. The number of rotatable bonds is 6. The Hall–Kier alpha value is -0.560. The minimum Gasteiger partial charge on any atom is -0.392 e. The van der Waals surface area contributed by atoms with Gasteiger partial charge in [0.1, 0.15) is 0 Å². The highest BCUT2D eigenvalue weighted by Gasteiger charge is 2.34. The molecule has 0 saturated heterocycles. The first kappa shape index (κ1) is 15.8. The van der Waals surface area contributed by atoms with Crippen molar-refractivity contribution in [2.45, 2.75) is 41.9 Å². The first-order valence-electron chi connectivity index (χ1n) is 6.76. The number of hydrogen-bond acceptors (Lipinski definition) is 4. The number of aliphatic hydroxyl groups is 1. The average molecular weight is 315 g/mol.